The first kappa shape index (κ1) is 24.1. The molecule has 0 bridgehead atoms. The van der Waals surface area contributed by atoms with Crippen LogP contribution >= 0.6 is 15.9 Å². The maximum atomic E-state index is 13.2. The summed E-state index contributed by atoms with van der Waals surface area (Å²) in [4.78, 5) is 40.1. The second-order valence-electron chi connectivity index (χ2n) is 8.13. The number of carbonyl (C=O) groups excluding carboxylic acids is 1. The lowest BCUT2D eigenvalue weighted by Gasteiger charge is -2.20. The number of nitro benzene ring substituents is 1. The number of benzene rings is 2. The highest BCUT2D eigenvalue weighted by Crippen LogP contribution is 2.38. The van der Waals surface area contributed by atoms with Gasteiger partial charge in [0.25, 0.3) is 5.56 Å². The van der Waals surface area contributed by atoms with E-state index in [-0.39, 0.29) is 22.6 Å². The highest BCUT2D eigenvalue weighted by molar-refractivity contribution is 9.10. The molecule has 1 heterocycles. The van der Waals surface area contributed by atoms with Crippen molar-refractivity contribution in [2.24, 2.45) is 5.10 Å². The Bertz CT molecular complexity index is 1360. The molecule has 0 aliphatic heterocycles. The zero-order valence-corrected chi connectivity index (χ0v) is 20.2. The molecule has 0 spiro atoms. The zero-order chi connectivity index (χ0) is 24.5. The fourth-order valence-electron chi connectivity index (χ4n) is 3.08. The van der Waals surface area contributed by atoms with E-state index in [1.165, 1.54) is 30.1 Å². The van der Waals surface area contributed by atoms with Crippen LogP contribution in [-0.4, -0.2) is 33.9 Å². The summed E-state index contributed by atoms with van der Waals surface area (Å²) in [6, 6.07) is 7.79. The third-order valence-electron chi connectivity index (χ3n) is 4.52. The van der Waals surface area contributed by atoms with E-state index in [0.717, 1.165) is 6.92 Å². The van der Waals surface area contributed by atoms with Gasteiger partial charge in [-0.1, -0.05) is 36.7 Å². The number of nitrogens with zero attached hydrogens (tertiary/aromatic N) is 4. The van der Waals surface area contributed by atoms with Crippen LogP contribution in [-0.2, 0) is 10.2 Å². The molecule has 11 heteroatoms. The number of esters is 1. The van der Waals surface area contributed by atoms with Crippen LogP contribution in [0.1, 0.15) is 39.1 Å². The van der Waals surface area contributed by atoms with Gasteiger partial charge in [0.1, 0.15) is 5.82 Å². The summed E-state index contributed by atoms with van der Waals surface area (Å²) in [5.74, 6) is -0.647. The van der Waals surface area contributed by atoms with Gasteiger partial charge in [-0.3, -0.25) is 19.7 Å². The molecule has 0 saturated carbocycles. The normalized spacial score (nSPS) is 11.7. The summed E-state index contributed by atoms with van der Waals surface area (Å²) in [7, 11) is 1.29. The predicted octanol–water partition coefficient (Wildman–Crippen LogP) is 4.18. The Morgan fingerprint density at radius 2 is 1.97 bits per heavy atom. The summed E-state index contributed by atoms with van der Waals surface area (Å²) in [5, 5.41) is 16.2. The number of rotatable bonds is 5. The van der Waals surface area contributed by atoms with Gasteiger partial charge >= 0.3 is 11.7 Å². The topological polar surface area (TPSA) is 126 Å². The number of ether oxygens (including phenoxy) is 2. The van der Waals surface area contributed by atoms with E-state index in [1.807, 2.05) is 20.8 Å². The number of hydrogen-bond acceptors (Lipinski definition) is 8. The number of fused-ring (bicyclic) bond motifs is 1. The number of halogens is 1. The molecule has 0 radical (unpaired) electrons. The number of aromatic nitrogens is 2. The van der Waals surface area contributed by atoms with Gasteiger partial charge in [-0.25, -0.2) is 4.98 Å². The second kappa shape index (κ2) is 9.10. The van der Waals surface area contributed by atoms with E-state index in [1.54, 1.807) is 18.2 Å². The molecule has 33 heavy (non-hydrogen) atoms. The quantitative estimate of drug-likeness (QED) is 0.163. The number of nitro groups is 1. The van der Waals surface area contributed by atoms with Crippen molar-refractivity contribution in [1.82, 2.24) is 9.66 Å². The predicted molar refractivity (Wildman–Crippen MR) is 126 cm³/mol. The van der Waals surface area contributed by atoms with Crippen LogP contribution in [0.5, 0.6) is 11.5 Å². The molecule has 0 fully saturated rings. The van der Waals surface area contributed by atoms with Gasteiger partial charge in [0.05, 0.1) is 29.2 Å². The molecule has 1 aromatic heterocycles. The molecule has 3 rings (SSSR count). The van der Waals surface area contributed by atoms with E-state index in [4.69, 9.17) is 9.47 Å². The standard InChI is InChI=1S/C22H21BrN4O6/c1-12(28)33-19-17(27(30)31)8-13(9-18(19)32-5)11-24-26-20(29)15-10-14(23)6-7-16(15)25-21(26)22(2,3)4/h6-11H,1-5H3. The lowest BCUT2D eigenvalue weighted by molar-refractivity contribution is -0.385. The van der Waals surface area contributed by atoms with Gasteiger partial charge < -0.3 is 9.47 Å². The van der Waals surface area contributed by atoms with Gasteiger partial charge in [-0.05, 0) is 24.3 Å². The third kappa shape index (κ3) is 5.08. The lowest BCUT2D eigenvalue weighted by Crippen LogP contribution is -2.29. The van der Waals surface area contributed by atoms with Crippen LogP contribution in [0.3, 0.4) is 0 Å². The molecule has 0 saturated heterocycles. The van der Waals surface area contributed by atoms with E-state index < -0.39 is 22.0 Å². The van der Waals surface area contributed by atoms with Crippen molar-refractivity contribution in [3.05, 3.63) is 66.7 Å². The van der Waals surface area contributed by atoms with Crippen LogP contribution < -0.4 is 15.0 Å². The van der Waals surface area contributed by atoms with Crippen LogP contribution in [0.4, 0.5) is 5.69 Å². The second-order valence-corrected chi connectivity index (χ2v) is 9.05. The molecule has 0 N–H and O–H groups in total. The molecular weight excluding hydrogens is 496 g/mol. The number of carbonyl (C=O) groups is 1. The Kier molecular flexibility index (Phi) is 6.63. The largest absolute Gasteiger partial charge is 0.493 e. The molecule has 10 nitrogen and oxygen atoms in total. The molecule has 172 valence electrons. The minimum Gasteiger partial charge on any atom is -0.493 e. The molecule has 0 aliphatic carbocycles. The zero-order valence-electron chi connectivity index (χ0n) is 18.6. The average molecular weight is 517 g/mol. The average Bonchev–Trinajstić information content (AvgIpc) is 2.72. The van der Waals surface area contributed by atoms with Crippen molar-refractivity contribution in [1.29, 1.82) is 0 Å². The summed E-state index contributed by atoms with van der Waals surface area (Å²) in [6.07, 6.45) is 1.29. The fraction of sp³-hybridized carbons (Fsp3) is 0.273. The van der Waals surface area contributed by atoms with Gasteiger partial charge in [0.15, 0.2) is 5.75 Å². The van der Waals surface area contributed by atoms with Gasteiger partial charge in [0.2, 0.25) is 5.75 Å². The van der Waals surface area contributed by atoms with Gasteiger partial charge in [-0.15, -0.1) is 0 Å². The number of hydrogen-bond donors (Lipinski definition) is 0. The molecule has 0 unspecified atom stereocenters. The molecule has 0 atom stereocenters. The Morgan fingerprint density at radius 1 is 1.27 bits per heavy atom. The van der Waals surface area contributed by atoms with Gasteiger partial charge in [-0.2, -0.15) is 9.78 Å². The van der Waals surface area contributed by atoms with E-state index in [0.29, 0.717) is 21.2 Å². The van der Waals surface area contributed by atoms with Crippen LogP contribution in [0, 0.1) is 10.1 Å². The summed E-state index contributed by atoms with van der Waals surface area (Å²) in [6.45, 7) is 6.82. The Morgan fingerprint density at radius 3 is 2.55 bits per heavy atom. The SMILES string of the molecule is COc1cc(C=Nn2c(C(C)(C)C)nc3ccc(Br)cc3c2=O)cc([N+](=O)[O-])c1OC(C)=O. The fourth-order valence-corrected chi connectivity index (χ4v) is 3.44. The maximum absolute atomic E-state index is 13.2. The monoisotopic (exact) mass is 516 g/mol. The van der Waals surface area contributed by atoms with Gasteiger partial charge in [0, 0.05) is 28.4 Å². The van der Waals surface area contributed by atoms with E-state index in [9.17, 15) is 19.7 Å². The summed E-state index contributed by atoms with van der Waals surface area (Å²) in [5.41, 5.74) is -0.603. The molecule has 0 amide bonds. The molecular formula is C22H21BrN4O6. The first-order valence-electron chi connectivity index (χ1n) is 9.74. The van der Waals surface area contributed by atoms with Crippen LogP contribution in [0.15, 0.2) is 44.7 Å². The third-order valence-corrected chi connectivity index (χ3v) is 5.01. The van der Waals surface area contributed by atoms with Crippen LogP contribution in [0.25, 0.3) is 10.9 Å². The smallest absolute Gasteiger partial charge is 0.316 e. The van der Waals surface area contributed by atoms with Crippen molar-refractivity contribution in [2.45, 2.75) is 33.1 Å². The summed E-state index contributed by atoms with van der Waals surface area (Å²) >= 11 is 3.36. The van der Waals surface area contributed by atoms with Crippen molar-refractivity contribution in [3.8, 4) is 11.5 Å². The minimum atomic E-state index is -0.729. The van der Waals surface area contributed by atoms with E-state index in [2.05, 4.69) is 26.0 Å². The Balaban J connectivity index is 2.22. The maximum Gasteiger partial charge on any atom is 0.316 e. The Hall–Kier alpha value is -3.60. The molecule has 3 aromatic rings. The highest BCUT2D eigenvalue weighted by atomic mass is 79.9. The van der Waals surface area contributed by atoms with Crippen molar-refractivity contribution in [2.75, 3.05) is 7.11 Å². The van der Waals surface area contributed by atoms with Crippen LogP contribution in [0.2, 0.25) is 0 Å². The van der Waals surface area contributed by atoms with Crippen molar-refractivity contribution < 1.29 is 19.2 Å². The molecule has 2 aromatic carbocycles. The molecule has 0 aliphatic rings. The first-order chi connectivity index (χ1) is 15.4. The van der Waals surface area contributed by atoms with E-state index >= 15 is 0 Å². The Labute approximate surface area is 197 Å². The van der Waals surface area contributed by atoms with Crippen molar-refractivity contribution >= 4 is 44.7 Å². The summed E-state index contributed by atoms with van der Waals surface area (Å²) < 4.78 is 12.0. The highest BCUT2D eigenvalue weighted by Gasteiger charge is 2.25. The number of methoxy groups -OCH3 is 1. The first-order valence-corrected chi connectivity index (χ1v) is 10.5. The van der Waals surface area contributed by atoms with Crippen molar-refractivity contribution in [3.63, 3.8) is 0 Å². The minimum absolute atomic E-state index is 0.0233. The lowest BCUT2D eigenvalue weighted by atomic mass is 9.95.